The fourth-order valence-electron chi connectivity index (χ4n) is 1.83. The fraction of sp³-hybridized carbons (Fsp3) is 0.111. The molecule has 3 nitrogen and oxygen atoms in total. The number of hydrogen-bond acceptors (Lipinski definition) is 3. The molecule has 0 aromatic heterocycles. The minimum atomic E-state index is -0.504. The Kier molecular flexibility index (Phi) is 5.47. The van der Waals surface area contributed by atoms with Crippen LogP contribution < -0.4 is 0 Å². The van der Waals surface area contributed by atoms with Crippen LogP contribution in [0.2, 0.25) is 0 Å². The van der Waals surface area contributed by atoms with Gasteiger partial charge in [-0.15, -0.1) is 0 Å². The zero-order valence-electron chi connectivity index (χ0n) is 11.6. The first kappa shape index (κ1) is 14.7. The van der Waals surface area contributed by atoms with Crippen LogP contribution in [-0.4, -0.2) is 11.9 Å². The molecule has 0 radical (unpaired) electrons. The molecular weight excluding hydrogens is 264 g/mol. The molecule has 106 valence electrons. The van der Waals surface area contributed by atoms with E-state index in [2.05, 4.69) is 4.74 Å². The van der Waals surface area contributed by atoms with Gasteiger partial charge in [-0.2, -0.15) is 0 Å². The third-order valence-electron chi connectivity index (χ3n) is 2.90. The third kappa shape index (κ3) is 5.07. The van der Waals surface area contributed by atoms with E-state index in [0.29, 0.717) is 12.0 Å². The Bertz CT molecular complexity index is 589. The molecule has 1 saturated heterocycles. The van der Waals surface area contributed by atoms with Gasteiger partial charge in [0.15, 0.2) is 0 Å². The van der Waals surface area contributed by atoms with Crippen LogP contribution in [0.5, 0.6) is 0 Å². The minimum absolute atomic E-state index is 0.103. The number of carbonyl (C=O) groups excluding carboxylic acids is 2. The van der Waals surface area contributed by atoms with Crippen LogP contribution in [0.3, 0.4) is 0 Å². The van der Waals surface area contributed by atoms with Crippen molar-refractivity contribution >= 4 is 11.9 Å². The summed E-state index contributed by atoms with van der Waals surface area (Å²) in [4.78, 5) is 21.9. The molecule has 1 aliphatic rings. The summed E-state index contributed by atoms with van der Waals surface area (Å²) >= 11 is 0. The summed E-state index contributed by atoms with van der Waals surface area (Å²) in [5.74, 6) is -0.963. The highest BCUT2D eigenvalue weighted by atomic mass is 16.6. The number of benzene rings is 2. The molecular formula is C18H16O3. The molecule has 1 aliphatic heterocycles. The van der Waals surface area contributed by atoms with Crippen LogP contribution in [0.15, 0.2) is 78.4 Å². The highest BCUT2D eigenvalue weighted by Gasteiger charge is 2.26. The Morgan fingerprint density at radius 3 is 1.86 bits per heavy atom. The molecule has 1 heterocycles. The van der Waals surface area contributed by atoms with Gasteiger partial charge < -0.3 is 4.74 Å². The molecule has 21 heavy (non-hydrogen) atoms. The summed E-state index contributed by atoms with van der Waals surface area (Å²) in [7, 11) is 0. The Hall–Kier alpha value is -2.68. The van der Waals surface area contributed by atoms with Crippen LogP contribution in [0.25, 0.3) is 0 Å². The quantitative estimate of drug-likeness (QED) is 0.481. The van der Waals surface area contributed by atoms with E-state index in [0.717, 1.165) is 5.56 Å². The second-order valence-corrected chi connectivity index (χ2v) is 4.51. The van der Waals surface area contributed by atoms with E-state index in [1.54, 1.807) is 6.08 Å². The van der Waals surface area contributed by atoms with E-state index in [1.165, 1.54) is 0 Å². The van der Waals surface area contributed by atoms with Crippen molar-refractivity contribution in [2.45, 2.75) is 12.8 Å². The number of esters is 2. The van der Waals surface area contributed by atoms with E-state index < -0.39 is 11.9 Å². The van der Waals surface area contributed by atoms with Crippen LogP contribution in [-0.2, 0) is 20.7 Å². The Morgan fingerprint density at radius 2 is 1.38 bits per heavy atom. The van der Waals surface area contributed by atoms with Crippen molar-refractivity contribution in [2.75, 3.05) is 0 Å². The maximum absolute atomic E-state index is 11.1. The van der Waals surface area contributed by atoms with E-state index in [9.17, 15) is 9.59 Å². The molecule has 0 N–H and O–H groups in total. The molecule has 0 aliphatic carbocycles. The van der Waals surface area contributed by atoms with Gasteiger partial charge in [-0.05, 0) is 12.0 Å². The predicted octanol–water partition coefficient (Wildman–Crippen LogP) is 3.32. The molecule has 0 spiro atoms. The van der Waals surface area contributed by atoms with Crippen molar-refractivity contribution in [3.63, 3.8) is 0 Å². The average molecular weight is 280 g/mol. The summed E-state index contributed by atoms with van der Waals surface area (Å²) in [5, 5.41) is 0. The maximum atomic E-state index is 11.1. The molecule has 0 bridgehead atoms. The summed E-state index contributed by atoms with van der Waals surface area (Å²) in [6.45, 7) is 0. The number of hydrogen-bond donors (Lipinski definition) is 0. The molecule has 3 rings (SSSR count). The SMILES string of the molecule is O=C1CC(=CCc2ccccc2)C(=O)O1.c1ccccc1. The van der Waals surface area contributed by atoms with Gasteiger partial charge in [-0.25, -0.2) is 4.79 Å². The van der Waals surface area contributed by atoms with Gasteiger partial charge in [0, 0.05) is 5.57 Å². The monoisotopic (exact) mass is 280 g/mol. The zero-order valence-corrected chi connectivity index (χ0v) is 11.6. The summed E-state index contributed by atoms with van der Waals surface area (Å²) in [5.41, 5.74) is 1.57. The first-order chi connectivity index (χ1) is 10.3. The summed E-state index contributed by atoms with van der Waals surface area (Å²) < 4.78 is 4.42. The average Bonchev–Trinajstić information content (AvgIpc) is 2.86. The molecule has 3 heteroatoms. The Morgan fingerprint density at radius 1 is 0.857 bits per heavy atom. The first-order valence-electron chi connectivity index (χ1n) is 6.73. The van der Waals surface area contributed by atoms with Gasteiger partial charge in [0.1, 0.15) is 0 Å². The van der Waals surface area contributed by atoms with Gasteiger partial charge in [-0.3, -0.25) is 4.79 Å². The Balaban J connectivity index is 0.000000225. The third-order valence-corrected chi connectivity index (χ3v) is 2.90. The van der Waals surface area contributed by atoms with Gasteiger partial charge in [0.2, 0.25) is 0 Å². The van der Waals surface area contributed by atoms with E-state index in [4.69, 9.17) is 0 Å². The van der Waals surface area contributed by atoms with Crippen molar-refractivity contribution < 1.29 is 14.3 Å². The lowest BCUT2D eigenvalue weighted by atomic mass is 10.1. The van der Waals surface area contributed by atoms with Crippen LogP contribution in [0, 0.1) is 0 Å². The lowest BCUT2D eigenvalue weighted by Crippen LogP contribution is -1.97. The second kappa shape index (κ2) is 7.80. The lowest BCUT2D eigenvalue weighted by Gasteiger charge is -1.95. The lowest BCUT2D eigenvalue weighted by molar-refractivity contribution is -0.151. The van der Waals surface area contributed by atoms with Gasteiger partial charge >= 0.3 is 11.9 Å². The Labute approximate surface area is 123 Å². The summed E-state index contributed by atoms with van der Waals surface area (Å²) in [6, 6.07) is 21.8. The van der Waals surface area contributed by atoms with Crippen molar-refractivity contribution in [3.05, 3.63) is 83.9 Å². The first-order valence-corrected chi connectivity index (χ1v) is 6.73. The number of ether oxygens (including phenoxy) is 1. The largest absolute Gasteiger partial charge is 0.389 e. The highest BCUT2D eigenvalue weighted by molar-refractivity contribution is 6.05. The van der Waals surface area contributed by atoms with Crippen molar-refractivity contribution in [1.29, 1.82) is 0 Å². The van der Waals surface area contributed by atoms with Gasteiger partial charge in [0.25, 0.3) is 0 Å². The topological polar surface area (TPSA) is 43.4 Å². The number of carbonyl (C=O) groups is 2. The maximum Gasteiger partial charge on any atom is 0.341 e. The number of cyclic esters (lactones) is 2. The van der Waals surface area contributed by atoms with E-state index >= 15 is 0 Å². The standard InChI is InChI=1S/C12H10O3.C6H6/c13-11-8-10(12(14)15-11)7-6-9-4-2-1-3-5-9;1-2-4-6-5-3-1/h1-5,7H,6,8H2;1-6H. The molecule has 0 atom stereocenters. The molecule has 0 unspecified atom stereocenters. The summed E-state index contributed by atoms with van der Waals surface area (Å²) in [6.07, 6.45) is 2.51. The highest BCUT2D eigenvalue weighted by Crippen LogP contribution is 2.15. The smallest absolute Gasteiger partial charge is 0.341 e. The molecule has 2 aromatic rings. The van der Waals surface area contributed by atoms with E-state index in [1.807, 2.05) is 66.7 Å². The van der Waals surface area contributed by atoms with Gasteiger partial charge in [-0.1, -0.05) is 72.8 Å². The van der Waals surface area contributed by atoms with Crippen LogP contribution in [0.4, 0.5) is 0 Å². The number of allylic oxidation sites excluding steroid dienone is 1. The predicted molar refractivity (Wildman–Crippen MR) is 80.4 cm³/mol. The van der Waals surface area contributed by atoms with Crippen molar-refractivity contribution in [3.8, 4) is 0 Å². The molecule has 0 saturated carbocycles. The van der Waals surface area contributed by atoms with E-state index in [-0.39, 0.29) is 6.42 Å². The fourth-order valence-corrected chi connectivity index (χ4v) is 1.83. The van der Waals surface area contributed by atoms with Gasteiger partial charge in [0.05, 0.1) is 6.42 Å². The van der Waals surface area contributed by atoms with Crippen LogP contribution >= 0.6 is 0 Å². The van der Waals surface area contributed by atoms with Crippen molar-refractivity contribution in [2.24, 2.45) is 0 Å². The van der Waals surface area contributed by atoms with Crippen LogP contribution in [0.1, 0.15) is 12.0 Å². The minimum Gasteiger partial charge on any atom is -0.389 e. The molecule has 0 amide bonds. The zero-order chi connectivity index (χ0) is 14.9. The molecule has 2 aromatic carbocycles. The second-order valence-electron chi connectivity index (χ2n) is 4.51. The normalized spacial score (nSPS) is 15.3. The number of rotatable bonds is 2. The molecule has 1 fully saturated rings. The van der Waals surface area contributed by atoms with Crippen molar-refractivity contribution in [1.82, 2.24) is 0 Å².